The topological polar surface area (TPSA) is 41.9 Å². The van der Waals surface area contributed by atoms with Crippen molar-refractivity contribution in [3.05, 3.63) is 23.3 Å². The minimum Gasteiger partial charge on any atom is -0.493 e. The first-order valence-corrected chi connectivity index (χ1v) is 10.5. The minimum atomic E-state index is -0.354. The molecule has 1 N–H and O–H groups in total. The number of ether oxygens (including phenoxy) is 2. The summed E-state index contributed by atoms with van der Waals surface area (Å²) in [6, 6.07) is 4.96. The summed E-state index contributed by atoms with van der Waals surface area (Å²) >= 11 is 0. The summed E-state index contributed by atoms with van der Waals surface area (Å²) in [5.41, 5.74) is 2.85. The third-order valence-corrected chi connectivity index (χ3v) is 8.32. The number of hydrogen-bond acceptors (Lipinski definition) is 4. The van der Waals surface area contributed by atoms with Gasteiger partial charge in [0.25, 0.3) is 0 Å². The number of rotatable bonds is 3. The molecule has 2 saturated carbocycles. The Balaban J connectivity index is 1.47. The fraction of sp³-hybridized carbons (Fsp3) is 0.727. The van der Waals surface area contributed by atoms with Crippen LogP contribution >= 0.6 is 0 Å². The Hall–Kier alpha value is -1.26. The first kappa shape index (κ1) is 15.8. The molecule has 140 valence electrons. The zero-order valence-electron chi connectivity index (χ0n) is 15.6. The fourth-order valence-corrected chi connectivity index (χ4v) is 6.98. The Labute approximate surface area is 155 Å². The summed E-state index contributed by atoms with van der Waals surface area (Å²) in [5.74, 6) is 3.31. The second-order valence-corrected chi connectivity index (χ2v) is 9.27. The summed E-state index contributed by atoms with van der Waals surface area (Å²) < 4.78 is 12.1. The van der Waals surface area contributed by atoms with E-state index >= 15 is 0 Å². The molecule has 6 rings (SSSR count). The first-order chi connectivity index (χ1) is 12.7. The van der Waals surface area contributed by atoms with Crippen LogP contribution < -0.4 is 9.47 Å². The molecule has 1 aromatic carbocycles. The summed E-state index contributed by atoms with van der Waals surface area (Å²) in [6.07, 6.45) is 8.08. The van der Waals surface area contributed by atoms with E-state index in [0.29, 0.717) is 12.0 Å². The van der Waals surface area contributed by atoms with Gasteiger partial charge in [-0.2, -0.15) is 0 Å². The van der Waals surface area contributed by atoms with Crippen molar-refractivity contribution in [1.29, 1.82) is 0 Å². The van der Waals surface area contributed by atoms with Crippen molar-refractivity contribution < 1.29 is 14.6 Å². The fourth-order valence-electron chi connectivity index (χ4n) is 6.98. The van der Waals surface area contributed by atoms with Crippen LogP contribution in [0.2, 0.25) is 0 Å². The van der Waals surface area contributed by atoms with E-state index < -0.39 is 0 Å². The number of benzene rings is 1. The van der Waals surface area contributed by atoms with Crippen molar-refractivity contribution in [2.75, 3.05) is 20.2 Å². The molecule has 1 unspecified atom stereocenters. The predicted molar refractivity (Wildman–Crippen MR) is 98.8 cm³/mol. The number of piperidine rings is 1. The largest absolute Gasteiger partial charge is 0.493 e. The van der Waals surface area contributed by atoms with Crippen LogP contribution in [0.3, 0.4) is 0 Å². The third kappa shape index (κ3) is 1.83. The van der Waals surface area contributed by atoms with Crippen LogP contribution in [-0.2, 0) is 11.8 Å². The lowest BCUT2D eigenvalue weighted by atomic mass is 9.51. The summed E-state index contributed by atoms with van der Waals surface area (Å²) in [4.78, 5) is 2.81. The van der Waals surface area contributed by atoms with E-state index in [1.165, 1.54) is 36.9 Å². The monoisotopic (exact) mass is 355 g/mol. The number of aliphatic hydroxyl groups is 1. The quantitative estimate of drug-likeness (QED) is 0.905. The van der Waals surface area contributed by atoms with Gasteiger partial charge in [-0.25, -0.2) is 0 Å². The molecule has 3 fully saturated rings. The van der Waals surface area contributed by atoms with Crippen LogP contribution in [0.5, 0.6) is 11.5 Å². The first-order valence-electron chi connectivity index (χ1n) is 10.5. The van der Waals surface area contributed by atoms with Crippen molar-refractivity contribution in [2.24, 2.45) is 11.8 Å². The van der Waals surface area contributed by atoms with Gasteiger partial charge < -0.3 is 14.6 Å². The van der Waals surface area contributed by atoms with Gasteiger partial charge in [-0.15, -0.1) is 0 Å². The van der Waals surface area contributed by atoms with E-state index in [-0.39, 0.29) is 17.6 Å². The molecule has 26 heavy (non-hydrogen) atoms. The van der Waals surface area contributed by atoms with Crippen LogP contribution in [0.4, 0.5) is 0 Å². The maximum Gasteiger partial charge on any atom is 0.165 e. The number of nitrogens with zero attached hydrogens (tertiary/aromatic N) is 1. The Kier molecular flexibility index (Phi) is 3.27. The van der Waals surface area contributed by atoms with E-state index in [9.17, 15) is 5.11 Å². The molecule has 2 bridgehead atoms. The van der Waals surface area contributed by atoms with Crippen molar-refractivity contribution in [2.45, 2.75) is 68.6 Å². The molecule has 1 spiro atoms. The van der Waals surface area contributed by atoms with Crippen molar-refractivity contribution in [1.82, 2.24) is 4.90 Å². The molecule has 0 amide bonds. The van der Waals surface area contributed by atoms with Gasteiger partial charge in [0.05, 0.1) is 13.2 Å². The minimum absolute atomic E-state index is 0.00982. The highest BCUT2D eigenvalue weighted by Gasteiger charge is 2.65. The normalized spacial score (nSPS) is 40.5. The van der Waals surface area contributed by atoms with Gasteiger partial charge in [0.1, 0.15) is 6.10 Å². The average molecular weight is 355 g/mol. The highest BCUT2D eigenvalue weighted by atomic mass is 16.5. The van der Waals surface area contributed by atoms with E-state index in [2.05, 4.69) is 17.0 Å². The highest BCUT2D eigenvalue weighted by Crippen LogP contribution is 2.64. The SMILES string of the molecule is COc1ccc2c3c1O[C@@H]1C(O)CC[C@@H]4[C@H](C2)N(CC2CCC2)CC[C@@]314. The second-order valence-electron chi connectivity index (χ2n) is 9.27. The Morgan fingerprint density at radius 1 is 1.27 bits per heavy atom. The third-order valence-electron chi connectivity index (χ3n) is 8.32. The molecular weight excluding hydrogens is 326 g/mol. The molecule has 4 heteroatoms. The van der Waals surface area contributed by atoms with Crippen LogP contribution in [0.1, 0.15) is 49.7 Å². The maximum atomic E-state index is 10.8. The molecule has 0 radical (unpaired) electrons. The van der Waals surface area contributed by atoms with Gasteiger partial charge >= 0.3 is 0 Å². The Bertz CT molecular complexity index is 745. The van der Waals surface area contributed by atoms with Gasteiger partial charge in [0.15, 0.2) is 11.5 Å². The molecular formula is C22H29NO3. The zero-order chi connectivity index (χ0) is 17.5. The van der Waals surface area contributed by atoms with E-state index in [0.717, 1.165) is 49.6 Å². The predicted octanol–water partition coefficient (Wildman–Crippen LogP) is 2.90. The molecule has 5 aliphatic rings. The lowest BCUT2D eigenvalue weighted by molar-refractivity contribution is -0.107. The molecule has 3 aliphatic carbocycles. The molecule has 1 saturated heterocycles. The van der Waals surface area contributed by atoms with Gasteiger partial charge in [0.2, 0.25) is 0 Å². The van der Waals surface area contributed by atoms with Crippen LogP contribution in [0.15, 0.2) is 12.1 Å². The number of hydrogen-bond donors (Lipinski definition) is 1. The van der Waals surface area contributed by atoms with Crippen LogP contribution in [0.25, 0.3) is 0 Å². The number of likely N-dealkylation sites (tertiary alicyclic amines) is 1. The smallest absolute Gasteiger partial charge is 0.165 e. The van der Waals surface area contributed by atoms with Gasteiger partial charge in [-0.3, -0.25) is 4.90 Å². The molecule has 2 aliphatic heterocycles. The molecule has 0 aromatic heterocycles. The molecule has 5 atom stereocenters. The summed E-state index contributed by atoms with van der Waals surface area (Å²) in [7, 11) is 1.72. The van der Waals surface area contributed by atoms with Crippen molar-refractivity contribution in [3.63, 3.8) is 0 Å². The van der Waals surface area contributed by atoms with Gasteiger partial charge in [-0.05, 0) is 68.5 Å². The maximum absolute atomic E-state index is 10.8. The van der Waals surface area contributed by atoms with Crippen LogP contribution in [-0.4, -0.2) is 48.5 Å². The number of methoxy groups -OCH3 is 1. The van der Waals surface area contributed by atoms with Crippen molar-refractivity contribution in [3.8, 4) is 11.5 Å². The molecule has 4 nitrogen and oxygen atoms in total. The lowest BCUT2D eigenvalue weighted by Crippen LogP contribution is -2.67. The summed E-state index contributed by atoms with van der Waals surface area (Å²) in [5, 5.41) is 10.8. The van der Waals surface area contributed by atoms with E-state index in [1.54, 1.807) is 7.11 Å². The van der Waals surface area contributed by atoms with Gasteiger partial charge in [0, 0.05) is 23.6 Å². The zero-order valence-corrected chi connectivity index (χ0v) is 15.6. The highest BCUT2D eigenvalue weighted by molar-refractivity contribution is 5.61. The van der Waals surface area contributed by atoms with Crippen LogP contribution in [0, 0.1) is 11.8 Å². The number of aliphatic hydroxyl groups excluding tert-OH is 1. The van der Waals surface area contributed by atoms with E-state index in [1.807, 2.05) is 0 Å². The lowest BCUT2D eigenvalue weighted by Gasteiger charge is -2.59. The molecule has 1 aromatic rings. The Morgan fingerprint density at radius 2 is 2.15 bits per heavy atom. The Morgan fingerprint density at radius 3 is 2.92 bits per heavy atom. The second kappa shape index (κ2) is 5.39. The standard InChI is InChI=1S/C22H29NO3/c1-25-18-8-5-14-11-16-15-6-7-17(24)21-22(15,19(14)20(18)26-21)9-10-23(16)12-13-3-2-4-13/h5,8,13,15-17,21,24H,2-4,6-7,9-12H2,1H3/t15-,16+,17?,21-,22-/m1/s1. The van der Waals surface area contributed by atoms with E-state index in [4.69, 9.17) is 9.47 Å². The summed E-state index contributed by atoms with van der Waals surface area (Å²) in [6.45, 7) is 2.43. The van der Waals surface area contributed by atoms with Gasteiger partial charge in [-0.1, -0.05) is 12.5 Å². The molecule has 2 heterocycles. The average Bonchev–Trinajstić information content (AvgIpc) is 2.96. The van der Waals surface area contributed by atoms with Crippen molar-refractivity contribution >= 4 is 0 Å².